The summed E-state index contributed by atoms with van der Waals surface area (Å²) in [5.41, 5.74) is 0. The fourth-order valence-electron chi connectivity index (χ4n) is 0.561. The van der Waals surface area contributed by atoms with Gasteiger partial charge in [0.15, 0.2) is 5.78 Å². The normalized spacial score (nSPS) is 10.3. The maximum absolute atomic E-state index is 10.8. The molecule has 0 amide bonds. The molecule has 0 unspecified atom stereocenters. The second kappa shape index (κ2) is 7.86. The summed E-state index contributed by atoms with van der Waals surface area (Å²) in [7, 11) is 0. The van der Waals surface area contributed by atoms with Crippen LogP contribution >= 0.6 is 11.8 Å². The van der Waals surface area contributed by atoms with Crippen LogP contribution in [0.4, 0.5) is 0 Å². The first-order valence-corrected chi connectivity index (χ1v) is 5.22. The molecule has 0 bridgehead atoms. The van der Waals surface area contributed by atoms with Gasteiger partial charge in [-0.1, -0.05) is 6.92 Å². The van der Waals surface area contributed by atoms with E-state index in [9.17, 15) is 9.59 Å². The summed E-state index contributed by atoms with van der Waals surface area (Å²) in [5.74, 6) is 0.0823. The predicted molar refractivity (Wildman–Crippen MR) is 53.5 cm³/mol. The summed E-state index contributed by atoms with van der Waals surface area (Å²) in [6.45, 7) is 3.96. The first kappa shape index (κ1) is 12.2. The zero-order chi connectivity index (χ0) is 10.1. The lowest BCUT2D eigenvalue weighted by atomic mass is 10.3. The summed E-state index contributed by atoms with van der Waals surface area (Å²) in [6.07, 6.45) is 1.97. The summed E-state index contributed by atoms with van der Waals surface area (Å²) in [4.78, 5) is 21.6. The first-order chi connectivity index (χ1) is 6.20. The molecule has 0 radical (unpaired) electrons. The van der Waals surface area contributed by atoms with Crippen molar-refractivity contribution in [3.63, 3.8) is 0 Å². The van der Waals surface area contributed by atoms with E-state index in [0.717, 1.165) is 0 Å². The van der Waals surface area contributed by atoms with E-state index in [-0.39, 0.29) is 17.5 Å². The van der Waals surface area contributed by atoms with E-state index in [1.54, 1.807) is 19.3 Å². The molecule has 3 nitrogen and oxygen atoms in total. The highest BCUT2D eigenvalue weighted by atomic mass is 32.2. The third kappa shape index (κ3) is 7.59. The number of rotatable bonds is 6. The summed E-state index contributed by atoms with van der Waals surface area (Å²) in [6, 6.07) is 0. The van der Waals surface area contributed by atoms with Crippen molar-refractivity contribution in [1.29, 1.82) is 0 Å². The average molecular weight is 202 g/mol. The van der Waals surface area contributed by atoms with Crippen LogP contribution < -0.4 is 0 Å². The summed E-state index contributed by atoms with van der Waals surface area (Å²) < 4.78 is 4.70. The fraction of sp³-hybridized carbons (Fsp3) is 0.556. The molecule has 0 atom stereocenters. The number of allylic oxidation sites excluding steroid dienone is 1. The van der Waals surface area contributed by atoms with Crippen molar-refractivity contribution in [3.8, 4) is 0 Å². The molecule has 0 aliphatic heterocycles. The van der Waals surface area contributed by atoms with Crippen molar-refractivity contribution < 1.29 is 14.3 Å². The molecule has 0 aromatic heterocycles. The van der Waals surface area contributed by atoms with Crippen LogP contribution in [0.1, 0.15) is 20.3 Å². The van der Waals surface area contributed by atoms with Gasteiger partial charge in [0.2, 0.25) is 0 Å². The van der Waals surface area contributed by atoms with Crippen molar-refractivity contribution in [1.82, 2.24) is 0 Å². The Bertz CT molecular complexity index is 199. The largest absolute Gasteiger partial charge is 0.465 e. The molecule has 0 aromatic rings. The minimum Gasteiger partial charge on any atom is -0.465 e. The van der Waals surface area contributed by atoms with Gasteiger partial charge in [-0.2, -0.15) is 0 Å². The van der Waals surface area contributed by atoms with E-state index in [1.807, 2.05) is 0 Å². The predicted octanol–water partition coefficient (Wildman–Crippen LogP) is 1.78. The van der Waals surface area contributed by atoms with Gasteiger partial charge in [-0.3, -0.25) is 9.59 Å². The lowest BCUT2D eigenvalue weighted by molar-refractivity contribution is -0.139. The van der Waals surface area contributed by atoms with E-state index >= 15 is 0 Å². The van der Waals surface area contributed by atoms with E-state index < -0.39 is 0 Å². The molecule has 0 saturated heterocycles. The van der Waals surface area contributed by atoms with Gasteiger partial charge in [0, 0.05) is 6.42 Å². The molecule has 0 N–H and O–H groups in total. The van der Waals surface area contributed by atoms with Gasteiger partial charge in [0.05, 0.1) is 12.4 Å². The Labute approximate surface area is 82.5 Å². The van der Waals surface area contributed by atoms with Crippen molar-refractivity contribution in [3.05, 3.63) is 11.5 Å². The number of hydrogen-bond donors (Lipinski definition) is 0. The Morgan fingerprint density at radius 2 is 2.08 bits per heavy atom. The van der Waals surface area contributed by atoms with Crippen LogP contribution in [0.5, 0.6) is 0 Å². The Morgan fingerprint density at radius 3 is 2.62 bits per heavy atom. The molecule has 74 valence electrons. The molecule has 0 aliphatic rings. The first-order valence-electron chi connectivity index (χ1n) is 4.17. The van der Waals surface area contributed by atoms with Gasteiger partial charge >= 0.3 is 5.97 Å². The van der Waals surface area contributed by atoms with Gasteiger partial charge in [-0.15, -0.1) is 11.8 Å². The number of hydrogen-bond acceptors (Lipinski definition) is 4. The number of esters is 1. The Balaban J connectivity index is 3.49. The molecule has 0 saturated carbocycles. The van der Waals surface area contributed by atoms with Crippen LogP contribution in [0.25, 0.3) is 0 Å². The van der Waals surface area contributed by atoms with Crippen molar-refractivity contribution in [2.24, 2.45) is 0 Å². The van der Waals surface area contributed by atoms with Gasteiger partial charge in [-0.25, -0.2) is 0 Å². The molecule has 0 heterocycles. The Morgan fingerprint density at radius 1 is 1.38 bits per heavy atom. The zero-order valence-corrected chi connectivity index (χ0v) is 8.73. The van der Waals surface area contributed by atoms with Crippen LogP contribution in [0, 0.1) is 0 Å². The van der Waals surface area contributed by atoms with Crippen molar-refractivity contribution in [2.45, 2.75) is 20.3 Å². The summed E-state index contributed by atoms with van der Waals surface area (Å²) in [5, 5.41) is 1.63. The fourth-order valence-corrected chi connectivity index (χ4v) is 1.12. The highest BCUT2D eigenvalue weighted by molar-refractivity contribution is 8.02. The van der Waals surface area contributed by atoms with Crippen molar-refractivity contribution in [2.75, 3.05) is 12.4 Å². The molecular formula is C9H14O3S. The number of ether oxygens (including phenoxy) is 1. The van der Waals surface area contributed by atoms with Crippen molar-refractivity contribution >= 4 is 23.5 Å². The minimum absolute atomic E-state index is 0.0661. The molecule has 0 rings (SSSR count). The molecule has 0 spiro atoms. The van der Waals surface area contributed by atoms with Gasteiger partial charge < -0.3 is 4.74 Å². The molecule has 0 aliphatic carbocycles. The minimum atomic E-state index is -0.249. The quantitative estimate of drug-likeness (QED) is 0.486. The Kier molecular flexibility index (Phi) is 7.39. The number of carbonyl (C=O) groups is 2. The second-order valence-electron chi connectivity index (χ2n) is 2.24. The Hall–Kier alpha value is -0.770. The molecule has 13 heavy (non-hydrogen) atoms. The third-order valence-corrected chi connectivity index (χ3v) is 1.94. The standard InChI is InChI=1S/C9H14O3S/c1-3-8(10)5-6-13-7-9(11)12-4-2/h5-6H,3-4,7H2,1-2H3/b6-5-. The van der Waals surface area contributed by atoms with E-state index in [2.05, 4.69) is 0 Å². The maximum atomic E-state index is 10.8. The van der Waals surface area contributed by atoms with Crippen LogP contribution in [-0.2, 0) is 14.3 Å². The smallest absolute Gasteiger partial charge is 0.316 e. The van der Waals surface area contributed by atoms with E-state index in [0.29, 0.717) is 13.0 Å². The van der Waals surface area contributed by atoms with E-state index in [4.69, 9.17) is 4.74 Å². The summed E-state index contributed by atoms with van der Waals surface area (Å²) >= 11 is 1.27. The topological polar surface area (TPSA) is 43.4 Å². The second-order valence-corrected chi connectivity index (χ2v) is 3.13. The SMILES string of the molecule is CCOC(=O)CS/C=C\C(=O)CC. The van der Waals surface area contributed by atoms with Crippen LogP contribution in [0.2, 0.25) is 0 Å². The average Bonchev–Trinajstić information content (AvgIpc) is 2.12. The number of carbonyl (C=O) groups excluding carboxylic acids is 2. The van der Waals surface area contributed by atoms with Crippen LogP contribution in [0.15, 0.2) is 11.5 Å². The monoisotopic (exact) mass is 202 g/mol. The van der Waals surface area contributed by atoms with Gasteiger partial charge in [0.1, 0.15) is 0 Å². The van der Waals surface area contributed by atoms with Gasteiger partial charge in [-0.05, 0) is 18.4 Å². The third-order valence-electron chi connectivity index (χ3n) is 1.21. The van der Waals surface area contributed by atoms with E-state index in [1.165, 1.54) is 17.8 Å². The van der Waals surface area contributed by atoms with Crippen LogP contribution in [-0.4, -0.2) is 24.1 Å². The molecule has 4 heteroatoms. The maximum Gasteiger partial charge on any atom is 0.316 e. The highest BCUT2D eigenvalue weighted by Gasteiger charge is 1.98. The molecule has 0 aromatic carbocycles. The zero-order valence-electron chi connectivity index (χ0n) is 7.91. The van der Waals surface area contributed by atoms with Gasteiger partial charge in [0.25, 0.3) is 0 Å². The molecular weight excluding hydrogens is 188 g/mol. The lowest BCUT2D eigenvalue weighted by Crippen LogP contribution is -2.05. The highest BCUT2D eigenvalue weighted by Crippen LogP contribution is 2.03. The number of ketones is 1. The number of thioether (sulfide) groups is 1. The lowest BCUT2D eigenvalue weighted by Gasteiger charge is -1.97. The van der Waals surface area contributed by atoms with Crippen LogP contribution in [0.3, 0.4) is 0 Å². The molecule has 0 fully saturated rings.